The Labute approximate surface area is 121 Å². The van der Waals surface area contributed by atoms with Crippen molar-refractivity contribution in [3.8, 4) is 17.5 Å². The summed E-state index contributed by atoms with van der Waals surface area (Å²) in [4.78, 5) is 12.1. The fraction of sp³-hybridized carbons (Fsp3) is 0.250. The normalized spacial score (nSPS) is 9.90. The van der Waals surface area contributed by atoms with Crippen molar-refractivity contribution in [3.63, 3.8) is 0 Å². The molecule has 0 aliphatic carbocycles. The first-order valence-electron chi connectivity index (χ1n) is 5.96. The van der Waals surface area contributed by atoms with Crippen molar-refractivity contribution in [1.29, 1.82) is 0 Å². The van der Waals surface area contributed by atoms with E-state index < -0.39 is 0 Å². The van der Waals surface area contributed by atoms with E-state index in [-0.39, 0.29) is 17.9 Å². The number of benzene rings is 1. The molecule has 0 saturated heterocycles. The first-order chi connectivity index (χ1) is 10.2. The van der Waals surface area contributed by atoms with Crippen LogP contribution in [0, 0.1) is 0 Å². The summed E-state index contributed by atoms with van der Waals surface area (Å²) in [6.07, 6.45) is 0. The van der Waals surface area contributed by atoms with Gasteiger partial charge < -0.3 is 19.5 Å². The topological polar surface area (TPSA) is 116 Å². The number of anilines is 3. The summed E-state index contributed by atoms with van der Waals surface area (Å²) in [7, 11) is 4.59. The lowest BCUT2D eigenvalue weighted by Crippen LogP contribution is -2.13. The van der Waals surface area contributed by atoms with E-state index in [4.69, 9.17) is 20.1 Å². The van der Waals surface area contributed by atoms with Crippen LogP contribution in [0.1, 0.15) is 0 Å². The molecular weight excluding hydrogens is 276 g/mol. The summed E-state index contributed by atoms with van der Waals surface area (Å²) in [6, 6.07) is 5.43. The Bertz CT molecular complexity index is 600. The molecule has 0 saturated carbocycles. The minimum Gasteiger partial charge on any atom is -0.497 e. The number of hydrogen-bond acceptors (Lipinski definition) is 9. The molecule has 1 aromatic heterocycles. The Morgan fingerprint density at radius 1 is 0.952 bits per heavy atom. The Balaban J connectivity index is 2.36. The standard InChI is InChI=1S/C12H16N6O3/c1-19-7-4-5-9(20-2)8(6-7)14-10-15-11(18-13)17-12(16-10)21-3/h4-6H,13H2,1-3H3,(H2,14,15,16,17,18). The minimum atomic E-state index is 0.127. The molecule has 0 fully saturated rings. The number of rotatable bonds is 6. The summed E-state index contributed by atoms with van der Waals surface area (Å²) < 4.78 is 15.4. The highest BCUT2D eigenvalue weighted by atomic mass is 16.5. The van der Waals surface area contributed by atoms with Crippen LogP contribution in [0.15, 0.2) is 18.2 Å². The van der Waals surface area contributed by atoms with Crippen molar-refractivity contribution in [1.82, 2.24) is 15.0 Å². The van der Waals surface area contributed by atoms with Crippen LogP contribution < -0.4 is 30.8 Å². The van der Waals surface area contributed by atoms with Crippen molar-refractivity contribution >= 4 is 17.6 Å². The molecule has 0 amide bonds. The van der Waals surface area contributed by atoms with Gasteiger partial charge >= 0.3 is 6.01 Å². The number of nitrogens with zero attached hydrogens (tertiary/aromatic N) is 3. The fourth-order valence-electron chi connectivity index (χ4n) is 1.60. The molecule has 9 nitrogen and oxygen atoms in total. The van der Waals surface area contributed by atoms with Crippen LogP contribution in [-0.4, -0.2) is 36.3 Å². The minimum absolute atomic E-state index is 0.127. The molecule has 4 N–H and O–H groups in total. The van der Waals surface area contributed by atoms with Gasteiger partial charge in [-0.1, -0.05) is 0 Å². The van der Waals surface area contributed by atoms with E-state index >= 15 is 0 Å². The molecule has 21 heavy (non-hydrogen) atoms. The second-order valence-corrected chi connectivity index (χ2v) is 3.80. The maximum absolute atomic E-state index is 5.31. The predicted octanol–water partition coefficient (Wildman–Crippen LogP) is 0.927. The highest BCUT2D eigenvalue weighted by molar-refractivity contribution is 5.65. The molecule has 0 radical (unpaired) electrons. The molecule has 0 atom stereocenters. The van der Waals surface area contributed by atoms with Crippen LogP contribution in [-0.2, 0) is 0 Å². The Kier molecular flexibility index (Phi) is 4.57. The Morgan fingerprint density at radius 2 is 1.71 bits per heavy atom. The average Bonchev–Trinajstić information content (AvgIpc) is 2.54. The van der Waals surface area contributed by atoms with E-state index in [0.29, 0.717) is 17.2 Å². The third kappa shape index (κ3) is 3.39. The van der Waals surface area contributed by atoms with Gasteiger partial charge in [0.15, 0.2) is 0 Å². The van der Waals surface area contributed by atoms with Crippen LogP contribution in [0.2, 0.25) is 0 Å². The van der Waals surface area contributed by atoms with Crippen molar-refractivity contribution in [2.45, 2.75) is 0 Å². The van der Waals surface area contributed by atoms with Crippen molar-refractivity contribution in [2.24, 2.45) is 5.84 Å². The summed E-state index contributed by atoms with van der Waals surface area (Å²) in [5, 5.41) is 3.00. The number of hydrazine groups is 1. The van der Waals surface area contributed by atoms with E-state index in [1.54, 1.807) is 32.4 Å². The molecule has 0 aliphatic heterocycles. The Hall–Kier alpha value is -2.81. The maximum atomic E-state index is 5.31. The van der Waals surface area contributed by atoms with Gasteiger partial charge in [0.05, 0.1) is 27.0 Å². The zero-order valence-electron chi connectivity index (χ0n) is 11.9. The highest BCUT2D eigenvalue weighted by Crippen LogP contribution is 2.30. The lowest BCUT2D eigenvalue weighted by Gasteiger charge is -2.12. The molecule has 112 valence electrons. The number of nitrogens with one attached hydrogen (secondary N) is 2. The number of nitrogens with two attached hydrogens (primary N) is 1. The van der Waals surface area contributed by atoms with E-state index in [1.165, 1.54) is 7.11 Å². The Morgan fingerprint density at radius 3 is 2.33 bits per heavy atom. The monoisotopic (exact) mass is 292 g/mol. The summed E-state index contributed by atoms with van der Waals surface area (Å²) in [5.41, 5.74) is 2.97. The molecule has 9 heteroatoms. The van der Waals surface area contributed by atoms with E-state index in [9.17, 15) is 0 Å². The molecule has 0 unspecified atom stereocenters. The van der Waals surface area contributed by atoms with Gasteiger partial charge in [-0.25, -0.2) is 5.84 Å². The zero-order valence-corrected chi connectivity index (χ0v) is 11.9. The maximum Gasteiger partial charge on any atom is 0.322 e. The van der Waals surface area contributed by atoms with Crippen LogP contribution in [0.4, 0.5) is 17.6 Å². The number of hydrogen-bond donors (Lipinski definition) is 3. The van der Waals surface area contributed by atoms with Crippen molar-refractivity contribution in [2.75, 3.05) is 32.1 Å². The number of nitrogen functional groups attached to an aromatic ring is 1. The summed E-state index contributed by atoms with van der Waals surface area (Å²) in [6.45, 7) is 0. The third-order valence-corrected chi connectivity index (χ3v) is 2.58. The van der Waals surface area contributed by atoms with Crippen molar-refractivity contribution < 1.29 is 14.2 Å². The summed E-state index contributed by atoms with van der Waals surface area (Å²) >= 11 is 0. The van der Waals surface area contributed by atoms with Gasteiger partial charge in [-0.15, -0.1) is 0 Å². The SMILES string of the molecule is COc1ccc(OC)c(Nc2nc(NN)nc(OC)n2)c1. The van der Waals surface area contributed by atoms with Gasteiger partial charge in [0.1, 0.15) is 11.5 Å². The second-order valence-electron chi connectivity index (χ2n) is 3.80. The molecule has 0 bridgehead atoms. The fourth-order valence-corrected chi connectivity index (χ4v) is 1.60. The molecule has 2 aromatic rings. The number of ether oxygens (including phenoxy) is 3. The van der Waals surface area contributed by atoms with Crippen LogP contribution in [0.3, 0.4) is 0 Å². The van der Waals surface area contributed by atoms with Gasteiger partial charge in [0, 0.05) is 6.07 Å². The van der Waals surface area contributed by atoms with Crippen LogP contribution in [0.5, 0.6) is 17.5 Å². The largest absolute Gasteiger partial charge is 0.497 e. The van der Waals surface area contributed by atoms with Crippen molar-refractivity contribution in [3.05, 3.63) is 18.2 Å². The van der Waals surface area contributed by atoms with E-state index in [1.807, 2.05) is 0 Å². The molecule has 1 aromatic carbocycles. The zero-order chi connectivity index (χ0) is 15.2. The van der Waals surface area contributed by atoms with E-state index in [0.717, 1.165) is 0 Å². The van der Waals surface area contributed by atoms with Gasteiger partial charge in [0.2, 0.25) is 11.9 Å². The average molecular weight is 292 g/mol. The second kappa shape index (κ2) is 6.57. The van der Waals surface area contributed by atoms with Crippen LogP contribution >= 0.6 is 0 Å². The molecular formula is C12H16N6O3. The van der Waals surface area contributed by atoms with Gasteiger partial charge in [-0.05, 0) is 12.1 Å². The number of methoxy groups -OCH3 is 3. The van der Waals surface area contributed by atoms with E-state index in [2.05, 4.69) is 25.7 Å². The first kappa shape index (κ1) is 14.6. The van der Waals surface area contributed by atoms with Gasteiger partial charge in [-0.2, -0.15) is 15.0 Å². The molecule has 0 spiro atoms. The lowest BCUT2D eigenvalue weighted by molar-refractivity contribution is 0.379. The molecule has 2 rings (SSSR count). The predicted molar refractivity (Wildman–Crippen MR) is 77.0 cm³/mol. The first-order valence-corrected chi connectivity index (χ1v) is 5.96. The molecule has 0 aliphatic rings. The number of aromatic nitrogens is 3. The smallest absolute Gasteiger partial charge is 0.322 e. The van der Waals surface area contributed by atoms with Gasteiger partial charge in [-0.3, -0.25) is 5.43 Å². The lowest BCUT2D eigenvalue weighted by atomic mass is 10.2. The quantitative estimate of drug-likeness (QED) is 0.528. The van der Waals surface area contributed by atoms with Crippen LogP contribution in [0.25, 0.3) is 0 Å². The third-order valence-electron chi connectivity index (χ3n) is 2.58. The molecule has 1 heterocycles. The highest BCUT2D eigenvalue weighted by Gasteiger charge is 2.10. The van der Waals surface area contributed by atoms with Gasteiger partial charge in [0.25, 0.3) is 0 Å². The summed E-state index contributed by atoms with van der Waals surface area (Å²) in [5.74, 6) is 7.00.